The van der Waals surface area contributed by atoms with Crippen molar-refractivity contribution in [3.8, 4) is 0 Å². The smallest absolute Gasteiger partial charge is 0.222 e. The van der Waals surface area contributed by atoms with Gasteiger partial charge in [0.25, 0.3) is 0 Å². The SMILES string of the molecule is CC.COCCNC(=O)CCOCCOCCOCCNS. The van der Waals surface area contributed by atoms with Gasteiger partial charge in [-0.15, -0.1) is 0 Å². The van der Waals surface area contributed by atoms with Gasteiger partial charge in [0.05, 0.1) is 46.2 Å². The number of rotatable bonds is 15. The van der Waals surface area contributed by atoms with Gasteiger partial charge in [-0.1, -0.05) is 26.7 Å². The molecule has 22 heavy (non-hydrogen) atoms. The number of amides is 1. The van der Waals surface area contributed by atoms with Crippen LogP contribution in [0, 0.1) is 0 Å². The lowest BCUT2D eigenvalue weighted by atomic mass is 10.4. The molecule has 2 N–H and O–H groups in total. The highest BCUT2D eigenvalue weighted by molar-refractivity contribution is 7.78. The van der Waals surface area contributed by atoms with Crippen molar-refractivity contribution in [2.24, 2.45) is 0 Å². The number of nitrogens with one attached hydrogen (secondary N) is 2. The van der Waals surface area contributed by atoms with E-state index in [-0.39, 0.29) is 5.91 Å². The van der Waals surface area contributed by atoms with Crippen LogP contribution in [0.2, 0.25) is 0 Å². The van der Waals surface area contributed by atoms with Gasteiger partial charge in [0.2, 0.25) is 5.91 Å². The zero-order valence-corrected chi connectivity index (χ0v) is 15.0. The van der Waals surface area contributed by atoms with Crippen LogP contribution in [0.4, 0.5) is 0 Å². The second-order valence-corrected chi connectivity index (χ2v) is 4.15. The van der Waals surface area contributed by atoms with Crippen molar-refractivity contribution in [2.45, 2.75) is 20.3 Å². The van der Waals surface area contributed by atoms with Crippen LogP contribution in [0.5, 0.6) is 0 Å². The number of ether oxygens (including phenoxy) is 4. The summed E-state index contributed by atoms with van der Waals surface area (Å²) in [5.74, 6) is -0.0332. The van der Waals surface area contributed by atoms with Crippen molar-refractivity contribution < 1.29 is 23.7 Å². The summed E-state index contributed by atoms with van der Waals surface area (Å²) in [5.41, 5.74) is 0. The molecule has 0 radical (unpaired) electrons. The van der Waals surface area contributed by atoms with Crippen LogP contribution < -0.4 is 10.0 Å². The van der Waals surface area contributed by atoms with Crippen LogP contribution in [0.25, 0.3) is 0 Å². The summed E-state index contributed by atoms with van der Waals surface area (Å²) in [6.07, 6.45) is 0.351. The van der Waals surface area contributed by atoms with E-state index in [1.807, 2.05) is 13.8 Å². The van der Waals surface area contributed by atoms with Gasteiger partial charge in [-0.05, 0) is 0 Å². The van der Waals surface area contributed by atoms with Gasteiger partial charge in [-0.3, -0.25) is 9.52 Å². The third-order valence-corrected chi connectivity index (χ3v) is 2.43. The Morgan fingerprint density at radius 2 is 1.41 bits per heavy atom. The highest BCUT2D eigenvalue weighted by Crippen LogP contribution is 1.85. The molecule has 0 rings (SSSR count). The summed E-state index contributed by atoms with van der Waals surface area (Å²) in [5, 5.41) is 2.72. The van der Waals surface area contributed by atoms with Crippen molar-refractivity contribution in [2.75, 3.05) is 66.4 Å². The monoisotopic (exact) mass is 340 g/mol. The fourth-order valence-corrected chi connectivity index (χ4v) is 1.30. The van der Waals surface area contributed by atoms with Gasteiger partial charge in [0, 0.05) is 26.6 Å². The summed E-state index contributed by atoms with van der Waals surface area (Å²) in [6.45, 7) is 8.83. The minimum absolute atomic E-state index is 0.0332. The average Bonchev–Trinajstić information content (AvgIpc) is 2.55. The van der Waals surface area contributed by atoms with Crippen molar-refractivity contribution in [1.82, 2.24) is 10.0 Å². The minimum Gasteiger partial charge on any atom is -0.383 e. The van der Waals surface area contributed by atoms with E-state index < -0.39 is 0 Å². The largest absolute Gasteiger partial charge is 0.383 e. The Kier molecular flexibility index (Phi) is 24.9. The van der Waals surface area contributed by atoms with Gasteiger partial charge in [0.1, 0.15) is 0 Å². The maximum absolute atomic E-state index is 11.3. The average molecular weight is 340 g/mol. The molecule has 0 aliphatic rings. The quantitative estimate of drug-likeness (QED) is 0.300. The van der Waals surface area contributed by atoms with Crippen LogP contribution in [-0.4, -0.2) is 72.4 Å². The maximum Gasteiger partial charge on any atom is 0.222 e. The molecule has 0 aromatic heterocycles. The van der Waals surface area contributed by atoms with Crippen molar-refractivity contribution in [3.63, 3.8) is 0 Å². The Bertz CT molecular complexity index is 223. The van der Waals surface area contributed by atoms with Gasteiger partial charge in [-0.2, -0.15) is 0 Å². The molecule has 134 valence electrons. The number of hydrogen-bond donors (Lipinski definition) is 3. The molecule has 0 bridgehead atoms. The van der Waals surface area contributed by atoms with E-state index in [2.05, 4.69) is 22.9 Å². The van der Waals surface area contributed by atoms with Crippen LogP contribution in [0.15, 0.2) is 0 Å². The van der Waals surface area contributed by atoms with Crippen LogP contribution in [0.1, 0.15) is 20.3 Å². The second kappa shape index (κ2) is 22.9. The zero-order chi connectivity index (χ0) is 16.9. The molecule has 1 amide bonds. The highest BCUT2D eigenvalue weighted by atomic mass is 32.1. The summed E-state index contributed by atoms with van der Waals surface area (Å²) in [4.78, 5) is 11.3. The normalized spacial score (nSPS) is 10.0. The predicted octanol–water partition coefficient (Wildman–Crippen LogP) is 0.650. The number of carbonyl (C=O) groups is 1. The van der Waals surface area contributed by atoms with Crippen LogP contribution >= 0.6 is 12.8 Å². The van der Waals surface area contributed by atoms with Gasteiger partial charge in [-0.25, -0.2) is 0 Å². The molecular formula is C14H32N2O5S. The van der Waals surface area contributed by atoms with Crippen molar-refractivity contribution in [1.29, 1.82) is 0 Å². The first-order chi connectivity index (χ1) is 10.8. The maximum atomic E-state index is 11.3. The molecule has 0 saturated carbocycles. The Hall–Kier alpha value is -0.380. The van der Waals surface area contributed by atoms with E-state index in [1.165, 1.54) is 0 Å². The van der Waals surface area contributed by atoms with E-state index in [1.54, 1.807) is 7.11 Å². The number of methoxy groups -OCH3 is 1. The molecule has 0 unspecified atom stereocenters. The minimum atomic E-state index is -0.0332. The van der Waals surface area contributed by atoms with Gasteiger partial charge >= 0.3 is 0 Å². The van der Waals surface area contributed by atoms with E-state index in [9.17, 15) is 4.79 Å². The molecule has 0 heterocycles. The summed E-state index contributed by atoms with van der Waals surface area (Å²) in [6, 6.07) is 0. The van der Waals surface area contributed by atoms with Gasteiger partial charge in [0.15, 0.2) is 0 Å². The molecular weight excluding hydrogens is 308 g/mol. The number of hydrogen-bond acceptors (Lipinski definition) is 7. The summed E-state index contributed by atoms with van der Waals surface area (Å²) >= 11 is 3.84. The van der Waals surface area contributed by atoms with Crippen molar-refractivity contribution >= 4 is 18.7 Å². The predicted molar refractivity (Wildman–Crippen MR) is 90.3 cm³/mol. The second-order valence-electron chi connectivity index (χ2n) is 3.84. The molecule has 8 heteroatoms. The first-order valence-corrected chi connectivity index (χ1v) is 8.11. The Labute approximate surface area is 139 Å². The Morgan fingerprint density at radius 3 is 1.95 bits per heavy atom. The summed E-state index contributed by atoms with van der Waals surface area (Å²) in [7, 11) is 1.59. The van der Waals surface area contributed by atoms with E-state index in [4.69, 9.17) is 18.9 Å². The van der Waals surface area contributed by atoms with Crippen LogP contribution in [0.3, 0.4) is 0 Å². The standard InChI is InChI=1S/C12H26N2O5S.C2H6/c1-16-6-3-13-12(15)2-5-17-8-10-19-11-9-18-7-4-14-20;1-2/h14,20H,2-11H2,1H3,(H,13,15);1-2H3. The third kappa shape index (κ3) is 21.9. The first-order valence-electron chi connectivity index (χ1n) is 7.67. The Morgan fingerprint density at radius 1 is 0.864 bits per heavy atom. The lowest BCUT2D eigenvalue weighted by Gasteiger charge is -2.07. The molecule has 0 fully saturated rings. The highest BCUT2D eigenvalue weighted by Gasteiger charge is 1.99. The molecule has 0 aromatic carbocycles. The molecule has 0 saturated heterocycles. The lowest BCUT2D eigenvalue weighted by molar-refractivity contribution is -0.122. The van der Waals surface area contributed by atoms with E-state index in [0.717, 1.165) is 0 Å². The van der Waals surface area contributed by atoms with Gasteiger partial charge < -0.3 is 24.3 Å². The van der Waals surface area contributed by atoms with E-state index >= 15 is 0 Å². The number of carbonyl (C=O) groups excluding carboxylic acids is 1. The molecule has 0 atom stereocenters. The molecule has 7 nitrogen and oxygen atoms in total. The lowest BCUT2D eigenvalue weighted by Crippen LogP contribution is -2.27. The fourth-order valence-electron chi connectivity index (χ4n) is 1.21. The molecule has 0 aromatic rings. The first kappa shape index (κ1) is 23.9. The zero-order valence-electron chi connectivity index (χ0n) is 14.1. The fraction of sp³-hybridized carbons (Fsp3) is 0.929. The number of thiol groups is 1. The van der Waals surface area contributed by atoms with Crippen molar-refractivity contribution in [3.05, 3.63) is 0 Å². The van der Waals surface area contributed by atoms with E-state index in [0.29, 0.717) is 65.8 Å². The van der Waals surface area contributed by atoms with Crippen LogP contribution in [-0.2, 0) is 23.7 Å². The molecule has 0 aliphatic heterocycles. The topological polar surface area (TPSA) is 78.1 Å². The third-order valence-electron chi connectivity index (χ3n) is 2.20. The Balaban J connectivity index is 0. The molecule has 0 aliphatic carbocycles. The summed E-state index contributed by atoms with van der Waals surface area (Å²) < 4.78 is 23.3. The molecule has 0 spiro atoms.